The Hall–Kier alpha value is -0.610. The molecule has 1 aliphatic rings. The number of carbonyl (C=O) groups is 1. The van der Waals surface area contributed by atoms with Crippen molar-refractivity contribution >= 4 is 5.97 Å². The van der Waals surface area contributed by atoms with E-state index in [1.165, 1.54) is 0 Å². The number of aliphatic carboxylic acids is 1. The van der Waals surface area contributed by atoms with E-state index in [-0.39, 0.29) is 11.5 Å². The highest BCUT2D eigenvalue weighted by Crippen LogP contribution is 2.23. The summed E-state index contributed by atoms with van der Waals surface area (Å²) in [6.07, 6.45) is 0. The predicted octanol–water partition coefficient (Wildman–Crippen LogP) is 0.0471. The molecule has 0 saturated carbocycles. The first-order chi connectivity index (χ1) is 5.93. The Labute approximate surface area is 78.7 Å². The van der Waals surface area contributed by atoms with Crippen LogP contribution in [0.15, 0.2) is 0 Å². The van der Waals surface area contributed by atoms with Crippen LogP contribution in [0.3, 0.4) is 0 Å². The summed E-state index contributed by atoms with van der Waals surface area (Å²) in [4.78, 5) is 10.9. The lowest BCUT2D eigenvalue weighted by Crippen LogP contribution is -2.63. The van der Waals surface area contributed by atoms with Crippen LogP contribution in [0.2, 0.25) is 0 Å². The Kier molecular flexibility index (Phi) is 2.93. The average Bonchev–Trinajstić information content (AvgIpc) is 2.03. The van der Waals surface area contributed by atoms with E-state index >= 15 is 0 Å². The first-order valence-electron chi connectivity index (χ1n) is 4.62. The number of piperazine rings is 1. The molecule has 0 spiro atoms. The number of rotatable bonds is 1. The van der Waals surface area contributed by atoms with E-state index in [0.29, 0.717) is 0 Å². The third-order valence-electron chi connectivity index (χ3n) is 2.39. The topological polar surface area (TPSA) is 61.4 Å². The molecule has 3 N–H and O–H groups in total. The minimum absolute atomic E-state index is 0.00116. The second-order valence-electron chi connectivity index (χ2n) is 4.57. The van der Waals surface area contributed by atoms with E-state index in [1.807, 2.05) is 20.8 Å². The highest BCUT2D eigenvalue weighted by Gasteiger charge is 2.37. The van der Waals surface area contributed by atoms with Crippen LogP contribution in [0, 0.1) is 5.41 Å². The standard InChI is InChI=1S/C9H18N2O2/c1-9(2,3)7-6(8(12)13)10-4-5-11-7/h6-7,10-11H,4-5H2,1-3H3,(H,12,13). The fourth-order valence-corrected chi connectivity index (χ4v) is 1.73. The molecule has 0 amide bonds. The van der Waals surface area contributed by atoms with E-state index in [0.717, 1.165) is 13.1 Å². The monoisotopic (exact) mass is 186 g/mol. The lowest BCUT2D eigenvalue weighted by molar-refractivity contribution is -0.141. The van der Waals surface area contributed by atoms with Gasteiger partial charge in [0.25, 0.3) is 0 Å². The van der Waals surface area contributed by atoms with Crippen LogP contribution in [0.5, 0.6) is 0 Å². The van der Waals surface area contributed by atoms with Crippen molar-refractivity contribution in [2.24, 2.45) is 5.41 Å². The molecule has 1 saturated heterocycles. The van der Waals surface area contributed by atoms with Crippen molar-refractivity contribution in [3.05, 3.63) is 0 Å². The van der Waals surface area contributed by atoms with Gasteiger partial charge < -0.3 is 15.7 Å². The van der Waals surface area contributed by atoms with Crippen molar-refractivity contribution in [3.63, 3.8) is 0 Å². The lowest BCUT2D eigenvalue weighted by Gasteiger charge is -2.39. The quantitative estimate of drug-likeness (QED) is 0.541. The van der Waals surface area contributed by atoms with E-state index in [1.54, 1.807) is 0 Å². The van der Waals surface area contributed by atoms with Gasteiger partial charge in [-0.3, -0.25) is 4.79 Å². The van der Waals surface area contributed by atoms with Crippen LogP contribution >= 0.6 is 0 Å². The Bertz CT molecular complexity index is 198. The molecule has 4 heteroatoms. The zero-order valence-electron chi connectivity index (χ0n) is 8.42. The summed E-state index contributed by atoms with van der Waals surface area (Å²) >= 11 is 0. The summed E-state index contributed by atoms with van der Waals surface area (Å²) in [5, 5.41) is 15.2. The number of nitrogens with one attached hydrogen (secondary N) is 2. The summed E-state index contributed by atoms with van der Waals surface area (Å²) in [5.41, 5.74) is -0.0313. The minimum atomic E-state index is -0.771. The molecule has 0 radical (unpaired) electrons. The maximum absolute atomic E-state index is 10.9. The summed E-state index contributed by atoms with van der Waals surface area (Å²) in [7, 11) is 0. The molecular weight excluding hydrogens is 168 g/mol. The van der Waals surface area contributed by atoms with Gasteiger partial charge in [-0.05, 0) is 5.41 Å². The highest BCUT2D eigenvalue weighted by molar-refractivity contribution is 5.74. The zero-order valence-corrected chi connectivity index (χ0v) is 8.42. The van der Waals surface area contributed by atoms with Crippen LogP contribution in [0.4, 0.5) is 0 Å². The number of hydrogen-bond acceptors (Lipinski definition) is 3. The van der Waals surface area contributed by atoms with Crippen molar-refractivity contribution in [2.75, 3.05) is 13.1 Å². The van der Waals surface area contributed by atoms with Gasteiger partial charge in [-0.1, -0.05) is 20.8 Å². The van der Waals surface area contributed by atoms with Gasteiger partial charge in [0, 0.05) is 19.1 Å². The van der Waals surface area contributed by atoms with E-state index in [9.17, 15) is 4.79 Å². The van der Waals surface area contributed by atoms with Gasteiger partial charge in [0.15, 0.2) is 0 Å². The average molecular weight is 186 g/mol. The molecule has 0 aliphatic carbocycles. The fourth-order valence-electron chi connectivity index (χ4n) is 1.73. The summed E-state index contributed by atoms with van der Waals surface area (Å²) in [6.45, 7) is 7.71. The molecule has 1 fully saturated rings. The normalized spacial score (nSPS) is 30.1. The first kappa shape index (κ1) is 10.5. The summed E-state index contributed by atoms with van der Waals surface area (Å²) < 4.78 is 0. The summed E-state index contributed by atoms with van der Waals surface area (Å²) in [5.74, 6) is -0.771. The second kappa shape index (κ2) is 3.64. The van der Waals surface area contributed by atoms with Crippen molar-refractivity contribution in [1.29, 1.82) is 0 Å². The van der Waals surface area contributed by atoms with Gasteiger partial charge in [0.1, 0.15) is 6.04 Å². The lowest BCUT2D eigenvalue weighted by atomic mass is 9.81. The Morgan fingerprint density at radius 3 is 2.23 bits per heavy atom. The molecule has 1 rings (SSSR count). The van der Waals surface area contributed by atoms with Crippen molar-refractivity contribution in [1.82, 2.24) is 10.6 Å². The highest BCUT2D eigenvalue weighted by atomic mass is 16.4. The van der Waals surface area contributed by atoms with Crippen LogP contribution in [-0.4, -0.2) is 36.2 Å². The van der Waals surface area contributed by atoms with Gasteiger partial charge >= 0.3 is 5.97 Å². The van der Waals surface area contributed by atoms with Crippen LogP contribution < -0.4 is 10.6 Å². The molecule has 2 unspecified atom stereocenters. The minimum Gasteiger partial charge on any atom is -0.480 e. The molecule has 0 aromatic heterocycles. The van der Waals surface area contributed by atoms with E-state index in [2.05, 4.69) is 10.6 Å². The van der Waals surface area contributed by atoms with Gasteiger partial charge in [-0.2, -0.15) is 0 Å². The Morgan fingerprint density at radius 2 is 1.85 bits per heavy atom. The first-order valence-corrected chi connectivity index (χ1v) is 4.62. The van der Waals surface area contributed by atoms with Crippen LogP contribution in [0.1, 0.15) is 20.8 Å². The second-order valence-corrected chi connectivity index (χ2v) is 4.57. The van der Waals surface area contributed by atoms with Crippen LogP contribution in [0.25, 0.3) is 0 Å². The largest absolute Gasteiger partial charge is 0.480 e. The number of carboxylic acids is 1. The molecule has 2 atom stereocenters. The third kappa shape index (κ3) is 2.42. The molecular formula is C9H18N2O2. The number of carboxylic acid groups (broad SMARTS) is 1. The van der Waals surface area contributed by atoms with Gasteiger partial charge in [0.2, 0.25) is 0 Å². The van der Waals surface area contributed by atoms with Crippen molar-refractivity contribution < 1.29 is 9.90 Å². The molecule has 4 nitrogen and oxygen atoms in total. The Morgan fingerprint density at radius 1 is 1.31 bits per heavy atom. The van der Waals surface area contributed by atoms with Crippen LogP contribution in [-0.2, 0) is 4.79 Å². The molecule has 1 heterocycles. The maximum atomic E-state index is 10.9. The predicted molar refractivity (Wildman–Crippen MR) is 50.7 cm³/mol. The molecule has 0 aromatic carbocycles. The summed E-state index contributed by atoms with van der Waals surface area (Å²) in [6, 6.07) is -0.465. The van der Waals surface area contributed by atoms with Crippen molar-refractivity contribution in [2.45, 2.75) is 32.9 Å². The third-order valence-corrected chi connectivity index (χ3v) is 2.39. The van der Waals surface area contributed by atoms with E-state index < -0.39 is 12.0 Å². The van der Waals surface area contributed by atoms with Gasteiger partial charge in [-0.15, -0.1) is 0 Å². The van der Waals surface area contributed by atoms with Crippen molar-refractivity contribution in [3.8, 4) is 0 Å². The molecule has 13 heavy (non-hydrogen) atoms. The molecule has 1 aliphatic heterocycles. The Balaban J connectivity index is 2.73. The number of hydrogen-bond donors (Lipinski definition) is 3. The maximum Gasteiger partial charge on any atom is 0.322 e. The molecule has 0 aromatic rings. The van der Waals surface area contributed by atoms with E-state index in [4.69, 9.17) is 5.11 Å². The smallest absolute Gasteiger partial charge is 0.322 e. The fraction of sp³-hybridized carbons (Fsp3) is 0.889. The zero-order chi connectivity index (χ0) is 10.1. The SMILES string of the molecule is CC(C)(C)C1NCCNC1C(=O)O. The molecule has 0 bridgehead atoms. The molecule has 76 valence electrons. The van der Waals surface area contributed by atoms with Gasteiger partial charge in [0.05, 0.1) is 0 Å². The van der Waals surface area contributed by atoms with Gasteiger partial charge in [-0.25, -0.2) is 0 Å².